The molecule has 0 N–H and O–H groups in total. The summed E-state index contributed by atoms with van der Waals surface area (Å²) in [6.07, 6.45) is 0.586. The third kappa shape index (κ3) is 9.00. The minimum atomic E-state index is -0.328. The molecule has 0 spiro atoms. The lowest BCUT2D eigenvalue weighted by Gasteiger charge is -2.17. The summed E-state index contributed by atoms with van der Waals surface area (Å²) >= 11 is 0. The maximum Gasteiger partial charge on any atom is 0.303 e. The van der Waals surface area contributed by atoms with Crippen molar-refractivity contribution in [3.63, 3.8) is 0 Å². The molecule has 0 heterocycles. The highest BCUT2D eigenvalue weighted by atomic mass is 16.6. The van der Waals surface area contributed by atoms with Crippen LogP contribution < -0.4 is 0 Å². The second-order valence-electron chi connectivity index (χ2n) is 5.35. The van der Waals surface area contributed by atoms with Gasteiger partial charge in [0.15, 0.2) is 5.78 Å². The number of hydrogen-bond donors (Lipinski definition) is 0. The van der Waals surface area contributed by atoms with Gasteiger partial charge in [-0.2, -0.15) is 0 Å². The smallest absolute Gasteiger partial charge is 0.303 e. The molecule has 0 amide bonds. The molecule has 0 aromatic heterocycles. The molecule has 3 heteroatoms. The normalized spacial score (nSPS) is 10.2. The van der Waals surface area contributed by atoms with E-state index in [9.17, 15) is 9.59 Å². The lowest BCUT2D eigenvalue weighted by atomic mass is 10.1. The van der Waals surface area contributed by atoms with Crippen molar-refractivity contribution in [1.29, 1.82) is 0 Å². The van der Waals surface area contributed by atoms with Crippen LogP contribution in [0.3, 0.4) is 0 Å². The van der Waals surface area contributed by atoms with Crippen molar-refractivity contribution in [2.45, 2.75) is 53.6 Å². The minimum absolute atomic E-state index is 0.213. The third-order valence-electron chi connectivity index (χ3n) is 2.14. The number of rotatable bonds is 2. The summed E-state index contributed by atoms with van der Waals surface area (Å²) in [6, 6.07) is 7.67. The SMILES string of the molecule is CC(=O)OC(C)(C)C.CCC(=O)c1ccc(C)cc1. The van der Waals surface area contributed by atoms with Crippen molar-refractivity contribution in [1.82, 2.24) is 0 Å². The lowest BCUT2D eigenvalue weighted by molar-refractivity contribution is -0.151. The van der Waals surface area contributed by atoms with Crippen LogP contribution in [0, 0.1) is 6.92 Å². The van der Waals surface area contributed by atoms with Gasteiger partial charge in [0.2, 0.25) is 0 Å². The molecule has 0 fully saturated rings. The van der Waals surface area contributed by atoms with E-state index in [0.717, 1.165) is 5.56 Å². The van der Waals surface area contributed by atoms with Gasteiger partial charge in [-0.25, -0.2) is 0 Å². The fourth-order valence-corrected chi connectivity index (χ4v) is 1.37. The van der Waals surface area contributed by atoms with Gasteiger partial charge in [0, 0.05) is 18.9 Å². The first-order valence-corrected chi connectivity index (χ1v) is 6.45. The summed E-state index contributed by atoms with van der Waals surface area (Å²) < 4.78 is 4.80. The zero-order chi connectivity index (χ0) is 15.1. The predicted molar refractivity (Wildman–Crippen MR) is 77.3 cm³/mol. The van der Waals surface area contributed by atoms with E-state index in [1.54, 1.807) is 0 Å². The molecule has 0 bridgehead atoms. The second-order valence-corrected chi connectivity index (χ2v) is 5.35. The minimum Gasteiger partial charge on any atom is -0.460 e. The van der Waals surface area contributed by atoms with Crippen LogP contribution in [0.2, 0.25) is 0 Å². The summed E-state index contributed by atoms with van der Waals surface area (Å²) in [5, 5.41) is 0. The standard InChI is InChI=1S/C10H12O.C6H12O2/c1-3-10(11)9-6-4-8(2)5-7-9;1-5(7)8-6(2,3)4/h4-7H,3H2,1-2H3;1-4H3. The fourth-order valence-electron chi connectivity index (χ4n) is 1.37. The number of benzene rings is 1. The number of Topliss-reactive ketones (excluding diaryl/α,β-unsaturated/α-hetero) is 1. The Hall–Kier alpha value is -1.64. The molecule has 3 nitrogen and oxygen atoms in total. The number of carbonyl (C=O) groups excluding carboxylic acids is 2. The number of aryl methyl sites for hydroxylation is 1. The summed E-state index contributed by atoms with van der Waals surface area (Å²) in [7, 11) is 0. The van der Waals surface area contributed by atoms with Crippen LogP contribution in [0.15, 0.2) is 24.3 Å². The average molecular weight is 264 g/mol. The van der Waals surface area contributed by atoms with Crippen LogP contribution in [0.5, 0.6) is 0 Å². The van der Waals surface area contributed by atoms with Crippen molar-refractivity contribution in [2.75, 3.05) is 0 Å². The maximum atomic E-state index is 11.1. The Morgan fingerprint density at radius 2 is 1.58 bits per heavy atom. The molecule has 106 valence electrons. The quantitative estimate of drug-likeness (QED) is 0.600. The molecule has 0 saturated heterocycles. The molecule has 0 radical (unpaired) electrons. The molecule has 0 atom stereocenters. The van der Waals surface area contributed by atoms with Crippen molar-refractivity contribution in [3.8, 4) is 0 Å². The van der Waals surface area contributed by atoms with E-state index in [4.69, 9.17) is 4.74 Å². The lowest BCUT2D eigenvalue weighted by Crippen LogP contribution is -2.21. The molecule has 0 aliphatic carbocycles. The summed E-state index contributed by atoms with van der Waals surface area (Å²) in [4.78, 5) is 21.4. The topological polar surface area (TPSA) is 43.4 Å². The molecular formula is C16H24O3. The maximum absolute atomic E-state index is 11.1. The van der Waals surface area contributed by atoms with Gasteiger partial charge < -0.3 is 4.74 Å². The largest absolute Gasteiger partial charge is 0.460 e. The van der Waals surface area contributed by atoms with E-state index in [0.29, 0.717) is 6.42 Å². The Bertz CT molecular complexity index is 411. The molecule has 0 aliphatic heterocycles. The Morgan fingerprint density at radius 3 is 1.84 bits per heavy atom. The van der Waals surface area contributed by atoms with Crippen LogP contribution in [0.1, 0.15) is 57.0 Å². The van der Waals surface area contributed by atoms with Gasteiger partial charge in [-0.05, 0) is 27.7 Å². The van der Waals surface area contributed by atoms with Gasteiger partial charge in [0.25, 0.3) is 0 Å². The van der Waals surface area contributed by atoms with E-state index < -0.39 is 0 Å². The Labute approximate surface area is 116 Å². The van der Waals surface area contributed by atoms with Crippen LogP contribution in [-0.2, 0) is 9.53 Å². The summed E-state index contributed by atoms with van der Waals surface area (Å²) in [6.45, 7) is 10.8. The van der Waals surface area contributed by atoms with Crippen molar-refractivity contribution < 1.29 is 14.3 Å². The van der Waals surface area contributed by atoms with Crippen LogP contribution in [0.4, 0.5) is 0 Å². The first-order valence-electron chi connectivity index (χ1n) is 6.45. The zero-order valence-corrected chi connectivity index (χ0v) is 12.7. The number of ketones is 1. The highest BCUT2D eigenvalue weighted by Crippen LogP contribution is 2.06. The van der Waals surface area contributed by atoms with Crippen molar-refractivity contribution in [3.05, 3.63) is 35.4 Å². The average Bonchev–Trinajstić information content (AvgIpc) is 2.26. The molecule has 1 aromatic rings. The number of carbonyl (C=O) groups is 2. The molecule has 0 saturated carbocycles. The monoisotopic (exact) mass is 264 g/mol. The van der Waals surface area contributed by atoms with Crippen LogP contribution in [-0.4, -0.2) is 17.4 Å². The summed E-state index contributed by atoms with van der Waals surface area (Å²) in [5.74, 6) is -0.0116. The summed E-state index contributed by atoms with van der Waals surface area (Å²) in [5.41, 5.74) is 1.68. The molecule has 0 aliphatic rings. The van der Waals surface area contributed by atoms with Crippen LogP contribution in [0.25, 0.3) is 0 Å². The fraction of sp³-hybridized carbons (Fsp3) is 0.500. The van der Waals surface area contributed by atoms with Crippen molar-refractivity contribution >= 4 is 11.8 Å². The Balaban J connectivity index is 0.000000362. The van der Waals surface area contributed by atoms with Gasteiger partial charge >= 0.3 is 5.97 Å². The van der Waals surface area contributed by atoms with Gasteiger partial charge in [-0.15, -0.1) is 0 Å². The highest BCUT2D eigenvalue weighted by molar-refractivity contribution is 5.95. The number of esters is 1. The molecule has 1 aromatic carbocycles. The van der Waals surface area contributed by atoms with E-state index in [-0.39, 0.29) is 17.4 Å². The highest BCUT2D eigenvalue weighted by Gasteiger charge is 2.11. The molecular weight excluding hydrogens is 240 g/mol. The Morgan fingerprint density at radius 1 is 1.11 bits per heavy atom. The molecule has 0 unspecified atom stereocenters. The van der Waals surface area contributed by atoms with E-state index >= 15 is 0 Å². The number of ether oxygens (including phenoxy) is 1. The first-order chi connectivity index (χ1) is 8.65. The van der Waals surface area contributed by atoms with E-state index in [1.807, 2.05) is 58.9 Å². The number of hydrogen-bond acceptors (Lipinski definition) is 3. The first kappa shape index (κ1) is 17.4. The van der Waals surface area contributed by atoms with E-state index in [1.165, 1.54) is 12.5 Å². The van der Waals surface area contributed by atoms with Gasteiger partial charge in [0.05, 0.1) is 0 Å². The predicted octanol–water partition coefficient (Wildman–Crippen LogP) is 3.94. The third-order valence-corrected chi connectivity index (χ3v) is 2.14. The molecule has 1 rings (SSSR count). The second kappa shape index (κ2) is 7.72. The van der Waals surface area contributed by atoms with Gasteiger partial charge in [0.1, 0.15) is 5.60 Å². The molecule has 19 heavy (non-hydrogen) atoms. The Kier molecular flexibility index (Phi) is 7.05. The van der Waals surface area contributed by atoms with Gasteiger partial charge in [-0.3, -0.25) is 9.59 Å². The van der Waals surface area contributed by atoms with Crippen LogP contribution >= 0.6 is 0 Å². The van der Waals surface area contributed by atoms with Gasteiger partial charge in [-0.1, -0.05) is 36.8 Å². The van der Waals surface area contributed by atoms with Crippen molar-refractivity contribution in [2.24, 2.45) is 0 Å². The zero-order valence-electron chi connectivity index (χ0n) is 12.7. The van der Waals surface area contributed by atoms with E-state index in [2.05, 4.69) is 0 Å².